The van der Waals surface area contributed by atoms with E-state index in [-0.39, 0.29) is 6.04 Å². The zero-order chi connectivity index (χ0) is 11.4. The molecule has 0 aliphatic carbocycles. The van der Waals surface area contributed by atoms with Crippen LogP contribution in [0.4, 0.5) is 0 Å². The quantitative estimate of drug-likeness (QED) is 0.823. The van der Waals surface area contributed by atoms with E-state index in [2.05, 4.69) is 22.5 Å². The van der Waals surface area contributed by atoms with E-state index in [0.29, 0.717) is 5.75 Å². The molecular formula is C12H16BrNO. The van der Waals surface area contributed by atoms with Crippen LogP contribution in [0.3, 0.4) is 0 Å². The Kier molecular flexibility index (Phi) is 4.36. The Morgan fingerprint density at radius 2 is 2.27 bits per heavy atom. The number of nitrogens with two attached hydrogens (primary N) is 1. The minimum absolute atomic E-state index is 0.140. The van der Waals surface area contributed by atoms with Crippen LogP contribution in [0.1, 0.15) is 30.0 Å². The molecule has 0 saturated heterocycles. The summed E-state index contributed by atoms with van der Waals surface area (Å²) in [5.41, 5.74) is 7.63. The molecule has 1 aromatic rings. The number of halogens is 1. The molecule has 1 aromatic carbocycles. The lowest BCUT2D eigenvalue weighted by atomic mass is 10.00. The number of benzene rings is 1. The van der Waals surface area contributed by atoms with Crippen LogP contribution in [0.15, 0.2) is 29.3 Å². The molecule has 0 aliphatic rings. The van der Waals surface area contributed by atoms with Gasteiger partial charge in [-0.15, -0.1) is 6.58 Å². The summed E-state index contributed by atoms with van der Waals surface area (Å²) in [6.45, 7) is 5.52. The molecule has 0 spiro atoms. The van der Waals surface area contributed by atoms with Gasteiger partial charge in [-0.1, -0.05) is 22.0 Å². The topological polar surface area (TPSA) is 46.2 Å². The van der Waals surface area contributed by atoms with E-state index in [0.717, 1.165) is 28.4 Å². The van der Waals surface area contributed by atoms with E-state index in [1.54, 1.807) is 0 Å². The molecule has 0 unspecified atom stereocenters. The number of phenolic OH excluding ortho intramolecular Hbond substituents is 1. The van der Waals surface area contributed by atoms with Crippen molar-refractivity contribution in [3.8, 4) is 5.75 Å². The lowest BCUT2D eigenvalue weighted by molar-refractivity contribution is 0.454. The van der Waals surface area contributed by atoms with Crippen molar-refractivity contribution in [3.05, 3.63) is 40.4 Å². The Balaban J connectivity index is 2.96. The zero-order valence-electron chi connectivity index (χ0n) is 8.83. The Bertz CT molecular complexity index is 363. The van der Waals surface area contributed by atoms with E-state index < -0.39 is 0 Å². The summed E-state index contributed by atoms with van der Waals surface area (Å²) in [7, 11) is 0. The summed E-state index contributed by atoms with van der Waals surface area (Å²) < 4.78 is 0.946. The average molecular weight is 270 g/mol. The van der Waals surface area contributed by atoms with Gasteiger partial charge in [-0.3, -0.25) is 0 Å². The van der Waals surface area contributed by atoms with Crippen molar-refractivity contribution >= 4 is 15.9 Å². The van der Waals surface area contributed by atoms with Crippen LogP contribution in [0.2, 0.25) is 0 Å². The van der Waals surface area contributed by atoms with Crippen LogP contribution in [-0.2, 0) is 0 Å². The van der Waals surface area contributed by atoms with E-state index in [1.807, 2.05) is 25.1 Å². The van der Waals surface area contributed by atoms with Crippen molar-refractivity contribution in [2.45, 2.75) is 25.8 Å². The number of aryl methyl sites for hydroxylation is 1. The molecule has 3 heteroatoms. The van der Waals surface area contributed by atoms with Gasteiger partial charge in [0.05, 0.1) is 0 Å². The summed E-state index contributed by atoms with van der Waals surface area (Å²) in [6, 6.07) is 3.61. The van der Waals surface area contributed by atoms with Gasteiger partial charge in [0.25, 0.3) is 0 Å². The minimum Gasteiger partial charge on any atom is -0.507 e. The van der Waals surface area contributed by atoms with Gasteiger partial charge >= 0.3 is 0 Å². The molecule has 0 amide bonds. The molecule has 1 rings (SSSR count). The monoisotopic (exact) mass is 269 g/mol. The predicted octanol–water partition coefficient (Wildman–Crippen LogP) is 3.43. The average Bonchev–Trinajstić information content (AvgIpc) is 2.19. The Hall–Kier alpha value is -0.800. The van der Waals surface area contributed by atoms with Crippen molar-refractivity contribution in [1.29, 1.82) is 0 Å². The van der Waals surface area contributed by atoms with Crippen molar-refractivity contribution < 1.29 is 5.11 Å². The first kappa shape index (κ1) is 12.3. The third-order valence-electron chi connectivity index (χ3n) is 2.38. The van der Waals surface area contributed by atoms with Gasteiger partial charge in [0.15, 0.2) is 0 Å². The van der Waals surface area contributed by atoms with E-state index in [4.69, 9.17) is 5.73 Å². The Morgan fingerprint density at radius 3 is 2.87 bits per heavy atom. The highest BCUT2D eigenvalue weighted by atomic mass is 79.9. The van der Waals surface area contributed by atoms with Crippen LogP contribution in [0, 0.1) is 6.92 Å². The van der Waals surface area contributed by atoms with E-state index >= 15 is 0 Å². The highest BCUT2D eigenvalue weighted by molar-refractivity contribution is 9.10. The van der Waals surface area contributed by atoms with Gasteiger partial charge in [0, 0.05) is 16.1 Å². The summed E-state index contributed by atoms with van der Waals surface area (Å²) in [6.07, 6.45) is 3.49. The number of hydrogen-bond donors (Lipinski definition) is 2. The molecule has 1 atom stereocenters. The molecule has 0 aromatic heterocycles. The van der Waals surface area contributed by atoms with Gasteiger partial charge in [0.2, 0.25) is 0 Å². The number of rotatable bonds is 4. The van der Waals surface area contributed by atoms with Gasteiger partial charge < -0.3 is 10.8 Å². The van der Waals surface area contributed by atoms with Crippen LogP contribution in [-0.4, -0.2) is 5.11 Å². The SMILES string of the molecule is C=CCC[C@H](N)c1cc(Br)cc(C)c1O. The van der Waals surface area contributed by atoms with Crippen molar-refractivity contribution in [2.24, 2.45) is 5.73 Å². The third kappa shape index (κ3) is 3.08. The molecule has 3 N–H and O–H groups in total. The summed E-state index contributed by atoms with van der Waals surface area (Å²) in [4.78, 5) is 0. The second kappa shape index (κ2) is 5.33. The fraction of sp³-hybridized carbons (Fsp3) is 0.333. The fourth-order valence-electron chi connectivity index (χ4n) is 1.50. The van der Waals surface area contributed by atoms with Crippen molar-refractivity contribution in [2.75, 3.05) is 0 Å². The second-order valence-corrected chi connectivity index (χ2v) is 4.55. The van der Waals surface area contributed by atoms with Gasteiger partial charge in [-0.05, 0) is 37.5 Å². The first-order chi connectivity index (χ1) is 7.06. The summed E-state index contributed by atoms with van der Waals surface area (Å²) in [5, 5.41) is 9.87. The number of aromatic hydroxyl groups is 1. The van der Waals surface area contributed by atoms with Gasteiger partial charge in [-0.25, -0.2) is 0 Å². The zero-order valence-corrected chi connectivity index (χ0v) is 10.4. The fourth-order valence-corrected chi connectivity index (χ4v) is 2.09. The smallest absolute Gasteiger partial charge is 0.123 e. The molecule has 0 aliphatic heterocycles. The summed E-state index contributed by atoms with van der Waals surface area (Å²) >= 11 is 3.40. The summed E-state index contributed by atoms with van der Waals surface area (Å²) in [5.74, 6) is 0.301. The van der Waals surface area contributed by atoms with Crippen molar-refractivity contribution in [3.63, 3.8) is 0 Å². The normalized spacial score (nSPS) is 12.5. The first-order valence-corrected chi connectivity index (χ1v) is 5.71. The molecule has 0 fully saturated rings. The molecule has 0 bridgehead atoms. The minimum atomic E-state index is -0.140. The standard InChI is InChI=1S/C12H16BrNO/c1-3-4-5-11(14)10-7-9(13)6-8(2)12(10)15/h3,6-7,11,15H,1,4-5,14H2,2H3/t11-/m0/s1. The molecule has 0 heterocycles. The van der Waals surface area contributed by atoms with Gasteiger partial charge in [0.1, 0.15) is 5.75 Å². The van der Waals surface area contributed by atoms with Crippen LogP contribution < -0.4 is 5.73 Å². The maximum Gasteiger partial charge on any atom is 0.123 e. The van der Waals surface area contributed by atoms with E-state index in [9.17, 15) is 5.11 Å². The molecule has 15 heavy (non-hydrogen) atoms. The first-order valence-electron chi connectivity index (χ1n) is 4.91. The molecule has 82 valence electrons. The lowest BCUT2D eigenvalue weighted by Crippen LogP contribution is -2.10. The number of allylic oxidation sites excluding steroid dienone is 1. The van der Waals surface area contributed by atoms with E-state index in [1.165, 1.54) is 0 Å². The maximum atomic E-state index is 9.87. The highest BCUT2D eigenvalue weighted by Crippen LogP contribution is 2.32. The Labute approximate surface area is 98.9 Å². The molecule has 2 nitrogen and oxygen atoms in total. The number of phenols is 1. The van der Waals surface area contributed by atoms with Crippen molar-refractivity contribution in [1.82, 2.24) is 0 Å². The van der Waals surface area contributed by atoms with Crippen LogP contribution >= 0.6 is 15.9 Å². The largest absolute Gasteiger partial charge is 0.507 e. The second-order valence-electron chi connectivity index (χ2n) is 3.63. The Morgan fingerprint density at radius 1 is 1.60 bits per heavy atom. The predicted molar refractivity (Wildman–Crippen MR) is 66.9 cm³/mol. The molecular weight excluding hydrogens is 254 g/mol. The highest BCUT2D eigenvalue weighted by Gasteiger charge is 2.12. The maximum absolute atomic E-state index is 9.87. The van der Waals surface area contributed by atoms with Crippen LogP contribution in [0.25, 0.3) is 0 Å². The molecule has 0 radical (unpaired) electrons. The van der Waals surface area contributed by atoms with Gasteiger partial charge in [-0.2, -0.15) is 0 Å². The lowest BCUT2D eigenvalue weighted by Gasteiger charge is -2.14. The van der Waals surface area contributed by atoms with Crippen LogP contribution in [0.5, 0.6) is 5.75 Å². The third-order valence-corrected chi connectivity index (χ3v) is 2.83. The number of hydrogen-bond acceptors (Lipinski definition) is 2. The molecule has 0 saturated carbocycles.